The van der Waals surface area contributed by atoms with Crippen LogP contribution in [0.3, 0.4) is 0 Å². The van der Waals surface area contributed by atoms with E-state index in [-0.39, 0.29) is 30.9 Å². The lowest BCUT2D eigenvalue weighted by Crippen LogP contribution is -2.48. The maximum absolute atomic E-state index is 11.7. The first kappa shape index (κ1) is 14.5. The summed E-state index contributed by atoms with van der Waals surface area (Å²) < 4.78 is 0. The standard InChI is InChI=1S/C12H14N2O3.ClH/c15-11(16)7-14-12(17)10-5-8-3-1-2-4-9(8)6-13-10;/h1-4,10,13H,5-7H2,(H,14,17)(H,15,16);1H. The fourth-order valence-electron chi connectivity index (χ4n) is 1.93. The van der Waals surface area contributed by atoms with E-state index < -0.39 is 5.97 Å². The second-order valence-electron chi connectivity index (χ2n) is 4.02. The van der Waals surface area contributed by atoms with Gasteiger partial charge in [-0.2, -0.15) is 0 Å². The number of amides is 1. The molecule has 6 heteroatoms. The second kappa shape index (κ2) is 6.37. The number of rotatable bonds is 3. The fraction of sp³-hybridized carbons (Fsp3) is 0.333. The van der Waals surface area contributed by atoms with E-state index in [0.29, 0.717) is 13.0 Å². The van der Waals surface area contributed by atoms with Crippen LogP contribution >= 0.6 is 12.4 Å². The molecule has 1 atom stereocenters. The quantitative estimate of drug-likeness (QED) is 0.739. The summed E-state index contributed by atoms with van der Waals surface area (Å²) in [6, 6.07) is 7.58. The molecule has 1 aromatic carbocycles. The van der Waals surface area contributed by atoms with E-state index in [1.165, 1.54) is 5.56 Å². The Labute approximate surface area is 111 Å². The zero-order valence-electron chi connectivity index (χ0n) is 9.68. The Morgan fingerprint density at radius 3 is 2.67 bits per heavy atom. The maximum atomic E-state index is 11.7. The van der Waals surface area contributed by atoms with Crippen LogP contribution in [0.4, 0.5) is 0 Å². The first-order valence-corrected chi connectivity index (χ1v) is 5.46. The van der Waals surface area contributed by atoms with Gasteiger partial charge in [0.15, 0.2) is 0 Å². The predicted molar refractivity (Wildman–Crippen MR) is 68.7 cm³/mol. The normalized spacial score (nSPS) is 17.2. The zero-order valence-corrected chi connectivity index (χ0v) is 10.5. The Kier molecular flexibility index (Phi) is 5.12. The summed E-state index contributed by atoms with van der Waals surface area (Å²) in [6.45, 7) is 0.306. The van der Waals surface area contributed by atoms with Crippen LogP contribution in [0.15, 0.2) is 24.3 Å². The molecular formula is C12H15ClN2O3. The minimum absolute atomic E-state index is 0. The van der Waals surface area contributed by atoms with Crippen molar-refractivity contribution >= 4 is 24.3 Å². The van der Waals surface area contributed by atoms with Crippen molar-refractivity contribution in [2.75, 3.05) is 6.54 Å². The summed E-state index contributed by atoms with van der Waals surface area (Å²) >= 11 is 0. The van der Waals surface area contributed by atoms with Crippen molar-refractivity contribution in [1.82, 2.24) is 10.6 Å². The summed E-state index contributed by atoms with van der Waals surface area (Å²) in [6.07, 6.45) is 0.599. The van der Waals surface area contributed by atoms with E-state index >= 15 is 0 Å². The van der Waals surface area contributed by atoms with Crippen molar-refractivity contribution in [3.63, 3.8) is 0 Å². The predicted octanol–water partition coefficient (Wildman–Crippen LogP) is 0.323. The van der Waals surface area contributed by atoms with Gasteiger partial charge in [-0.3, -0.25) is 9.59 Å². The van der Waals surface area contributed by atoms with Gasteiger partial charge in [0.25, 0.3) is 0 Å². The number of fused-ring (bicyclic) bond motifs is 1. The number of hydrogen-bond donors (Lipinski definition) is 3. The molecule has 2 rings (SSSR count). The van der Waals surface area contributed by atoms with Gasteiger partial charge in [-0.25, -0.2) is 0 Å². The summed E-state index contributed by atoms with van der Waals surface area (Å²) in [5, 5.41) is 14.0. The number of hydrogen-bond acceptors (Lipinski definition) is 3. The highest BCUT2D eigenvalue weighted by molar-refractivity contribution is 5.86. The number of carbonyl (C=O) groups excluding carboxylic acids is 1. The minimum Gasteiger partial charge on any atom is -0.480 e. The number of aliphatic carboxylic acids is 1. The average molecular weight is 271 g/mol. The molecule has 0 spiro atoms. The van der Waals surface area contributed by atoms with Crippen LogP contribution in [-0.4, -0.2) is 29.6 Å². The van der Waals surface area contributed by atoms with Gasteiger partial charge in [-0.05, 0) is 17.5 Å². The number of benzene rings is 1. The van der Waals surface area contributed by atoms with E-state index in [1.54, 1.807) is 0 Å². The van der Waals surface area contributed by atoms with Gasteiger partial charge in [0, 0.05) is 6.54 Å². The molecule has 1 aromatic rings. The van der Waals surface area contributed by atoms with Crippen LogP contribution in [0.25, 0.3) is 0 Å². The molecule has 0 aromatic heterocycles. The van der Waals surface area contributed by atoms with Crippen LogP contribution < -0.4 is 10.6 Å². The third-order valence-electron chi connectivity index (χ3n) is 2.81. The van der Waals surface area contributed by atoms with E-state index in [9.17, 15) is 9.59 Å². The van der Waals surface area contributed by atoms with E-state index in [4.69, 9.17) is 5.11 Å². The summed E-state index contributed by atoms with van der Waals surface area (Å²) in [5.74, 6) is -1.29. The lowest BCUT2D eigenvalue weighted by molar-refractivity contribution is -0.138. The van der Waals surface area contributed by atoms with Gasteiger partial charge < -0.3 is 15.7 Å². The lowest BCUT2D eigenvalue weighted by Gasteiger charge is -2.25. The number of halogens is 1. The molecule has 1 aliphatic rings. The monoisotopic (exact) mass is 270 g/mol. The Bertz CT molecular complexity index is 451. The largest absolute Gasteiger partial charge is 0.480 e. The molecule has 3 N–H and O–H groups in total. The molecule has 98 valence electrons. The van der Waals surface area contributed by atoms with Crippen molar-refractivity contribution in [3.05, 3.63) is 35.4 Å². The van der Waals surface area contributed by atoms with Gasteiger partial charge in [0.2, 0.25) is 5.91 Å². The topological polar surface area (TPSA) is 78.4 Å². The zero-order chi connectivity index (χ0) is 12.3. The van der Waals surface area contributed by atoms with E-state index in [0.717, 1.165) is 5.56 Å². The number of carboxylic acids is 1. The van der Waals surface area contributed by atoms with Crippen molar-refractivity contribution in [1.29, 1.82) is 0 Å². The van der Waals surface area contributed by atoms with Crippen molar-refractivity contribution in [2.45, 2.75) is 19.0 Å². The first-order valence-electron chi connectivity index (χ1n) is 5.46. The molecule has 0 saturated carbocycles. The average Bonchev–Trinajstić information content (AvgIpc) is 2.35. The third kappa shape index (κ3) is 3.45. The molecule has 0 radical (unpaired) electrons. The molecule has 0 saturated heterocycles. The number of carboxylic acid groups (broad SMARTS) is 1. The van der Waals surface area contributed by atoms with Gasteiger partial charge in [-0.15, -0.1) is 12.4 Å². The van der Waals surface area contributed by atoms with Crippen LogP contribution in [0, 0.1) is 0 Å². The highest BCUT2D eigenvalue weighted by Gasteiger charge is 2.23. The van der Waals surface area contributed by atoms with Gasteiger partial charge in [0.1, 0.15) is 6.54 Å². The van der Waals surface area contributed by atoms with Crippen molar-refractivity contribution in [3.8, 4) is 0 Å². The Balaban J connectivity index is 0.00000162. The summed E-state index contributed by atoms with van der Waals surface area (Å²) in [7, 11) is 0. The smallest absolute Gasteiger partial charge is 0.322 e. The second-order valence-corrected chi connectivity index (χ2v) is 4.02. The molecule has 1 aliphatic heterocycles. The highest BCUT2D eigenvalue weighted by atomic mass is 35.5. The SMILES string of the molecule is Cl.O=C(O)CNC(=O)C1Cc2ccccc2CN1. The molecule has 18 heavy (non-hydrogen) atoms. The maximum Gasteiger partial charge on any atom is 0.322 e. The first-order chi connectivity index (χ1) is 8.16. The molecule has 1 heterocycles. The van der Waals surface area contributed by atoms with Crippen molar-refractivity contribution in [2.24, 2.45) is 0 Å². The summed E-state index contributed by atoms with van der Waals surface area (Å²) in [5.41, 5.74) is 2.33. The van der Waals surface area contributed by atoms with Crippen LogP contribution in [-0.2, 0) is 22.6 Å². The van der Waals surface area contributed by atoms with Crippen LogP contribution in [0.5, 0.6) is 0 Å². The fourth-order valence-corrected chi connectivity index (χ4v) is 1.93. The van der Waals surface area contributed by atoms with Gasteiger partial charge >= 0.3 is 5.97 Å². The molecule has 5 nitrogen and oxygen atoms in total. The van der Waals surface area contributed by atoms with E-state index in [2.05, 4.69) is 10.6 Å². The summed E-state index contributed by atoms with van der Waals surface area (Å²) in [4.78, 5) is 22.0. The van der Waals surface area contributed by atoms with Crippen molar-refractivity contribution < 1.29 is 14.7 Å². The molecule has 1 amide bonds. The van der Waals surface area contributed by atoms with Crippen LogP contribution in [0.1, 0.15) is 11.1 Å². The Morgan fingerprint density at radius 2 is 2.00 bits per heavy atom. The van der Waals surface area contributed by atoms with Crippen LogP contribution in [0.2, 0.25) is 0 Å². The molecule has 0 aliphatic carbocycles. The molecular weight excluding hydrogens is 256 g/mol. The molecule has 0 fully saturated rings. The van der Waals surface area contributed by atoms with E-state index in [1.807, 2.05) is 24.3 Å². The van der Waals surface area contributed by atoms with Gasteiger partial charge in [-0.1, -0.05) is 24.3 Å². The molecule has 0 bridgehead atoms. The number of nitrogens with one attached hydrogen (secondary N) is 2. The Morgan fingerprint density at radius 1 is 1.33 bits per heavy atom. The molecule has 1 unspecified atom stereocenters. The van der Waals surface area contributed by atoms with Gasteiger partial charge in [0.05, 0.1) is 6.04 Å². The minimum atomic E-state index is -1.03. The number of carbonyl (C=O) groups is 2. The third-order valence-corrected chi connectivity index (χ3v) is 2.81. The Hall–Kier alpha value is -1.59. The lowest BCUT2D eigenvalue weighted by atomic mass is 9.95. The highest BCUT2D eigenvalue weighted by Crippen LogP contribution is 2.16.